The normalized spacial score (nSPS) is 28.6. The van der Waals surface area contributed by atoms with E-state index < -0.39 is 47.0 Å². The lowest BCUT2D eigenvalue weighted by atomic mass is 9.80. The average Bonchev–Trinajstić information content (AvgIpc) is 3.26. The zero-order chi connectivity index (χ0) is 22.6. The second-order valence-corrected chi connectivity index (χ2v) is 8.21. The van der Waals surface area contributed by atoms with E-state index >= 15 is 0 Å². The van der Waals surface area contributed by atoms with Crippen molar-refractivity contribution in [1.82, 2.24) is 5.32 Å². The van der Waals surface area contributed by atoms with E-state index in [9.17, 15) is 18.8 Å². The van der Waals surface area contributed by atoms with Gasteiger partial charge in [0.05, 0.1) is 24.6 Å². The van der Waals surface area contributed by atoms with Crippen molar-refractivity contribution < 1.29 is 33.0 Å². The van der Waals surface area contributed by atoms with E-state index in [1.807, 2.05) is 0 Å². The first-order valence-electron chi connectivity index (χ1n) is 10.2. The van der Waals surface area contributed by atoms with Crippen molar-refractivity contribution in [2.24, 2.45) is 11.8 Å². The van der Waals surface area contributed by atoms with Gasteiger partial charge in [-0.2, -0.15) is 0 Å². The Morgan fingerprint density at radius 2 is 1.78 bits per heavy atom. The number of hydrogen-bond acceptors (Lipinski definition) is 7. The number of hydrogen-bond donors (Lipinski definition) is 1. The Bertz CT molecular complexity index is 1120. The van der Waals surface area contributed by atoms with Crippen molar-refractivity contribution in [3.05, 3.63) is 53.8 Å². The Labute approximate surface area is 183 Å². The zero-order valence-corrected chi connectivity index (χ0v) is 17.5. The first-order chi connectivity index (χ1) is 15.3. The van der Waals surface area contributed by atoms with Crippen LogP contribution in [0, 0.1) is 17.7 Å². The lowest BCUT2D eigenvalue weighted by Crippen LogP contribution is -2.54. The lowest BCUT2D eigenvalue weighted by molar-refractivity contribution is -0.151. The van der Waals surface area contributed by atoms with Gasteiger partial charge in [0, 0.05) is 12.1 Å². The van der Waals surface area contributed by atoms with Gasteiger partial charge in [-0.1, -0.05) is 12.1 Å². The van der Waals surface area contributed by atoms with E-state index in [2.05, 4.69) is 5.32 Å². The molecular formula is C23H21FN2O6. The molecule has 9 heteroatoms. The molecule has 8 nitrogen and oxygen atoms in total. The first-order valence-corrected chi connectivity index (χ1v) is 10.2. The van der Waals surface area contributed by atoms with Gasteiger partial charge in [-0.25, -0.2) is 9.29 Å². The largest absolute Gasteiger partial charge is 0.486 e. The summed E-state index contributed by atoms with van der Waals surface area (Å²) in [6.07, 6.45) is 0. The minimum absolute atomic E-state index is 0.337. The molecule has 166 valence electrons. The van der Waals surface area contributed by atoms with Crippen LogP contribution in [-0.4, -0.2) is 43.6 Å². The van der Waals surface area contributed by atoms with Gasteiger partial charge < -0.3 is 14.2 Å². The minimum atomic E-state index is -1.44. The van der Waals surface area contributed by atoms with Crippen LogP contribution >= 0.6 is 0 Å². The molecule has 4 atom stereocenters. The second-order valence-electron chi connectivity index (χ2n) is 8.21. The quantitative estimate of drug-likeness (QED) is 0.576. The number of amides is 2. The molecule has 0 spiro atoms. The van der Waals surface area contributed by atoms with Crippen LogP contribution in [0.2, 0.25) is 0 Å². The zero-order valence-electron chi connectivity index (χ0n) is 17.5. The van der Waals surface area contributed by atoms with Crippen molar-refractivity contribution in [2.45, 2.75) is 18.5 Å². The monoisotopic (exact) mass is 440 g/mol. The number of halogens is 1. The summed E-state index contributed by atoms with van der Waals surface area (Å²) in [4.78, 5) is 41.0. The van der Waals surface area contributed by atoms with Crippen LogP contribution in [0.4, 0.5) is 10.1 Å². The summed E-state index contributed by atoms with van der Waals surface area (Å²) in [5, 5.41) is 3.13. The van der Waals surface area contributed by atoms with Crippen LogP contribution in [0.1, 0.15) is 18.5 Å². The Hall–Kier alpha value is -3.46. The molecule has 1 N–H and O–H groups in total. The Balaban J connectivity index is 1.58. The van der Waals surface area contributed by atoms with Crippen LogP contribution in [0.25, 0.3) is 0 Å². The molecule has 2 fully saturated rings. The van der Waals surface area contributed by atoms with Crippen molar-refractivity contribution in [3.63, 3.8) is 0 Å². The van der Waals surface area contributed by atoms with E-state index in [0.29, 0.717) is 36.0 Å². The summed E-state index contributed by atoms with van der Waals surface area (Å²) in [6.45, 7) is 2.33. The summed E-state index contributed by atoms with van der Waals surface area (Å²) in [5.74, 6) is -2.93. The Kier molecular flexibility index (Phi) is 4.67. The number of carbonyl (C=O) groups excluding carboxylic acids is 3. The number of methoxy groups -OCH3 is 1. The summed E-state index contributed by atoms with van der Waals surface area (Å²) >= 11 is 0. The highest BCUT2D eigenvalue weighted by molar-refractivity contribution is 6.24. The molecule has 3 aliphatic heterocycles. The van der Waals surface area contributed by atoms with Crippen molar-refractivity contribution in [1.29, 1.82) is 0 Å². The number of carbonyl (C=O) groups is 3. The first kappa shape index (κ1) is 20.4. The van der Waals surface area contributed by atoms with Crippen molar-refractivity contribution >= 4 is 23.5 Å². The molecule has 2 aromatic rings. The fraction of sp³-hybridized carbons (Fsp3) is 0.348. The van der Waals surface area contributed by atoms with Gasteiger partial charge in [-0.05, 0) is 36.8 Å². The average molecular weight is 440 g/mol. The highest BCUT2D eigenvalue weighted by atomic mass is 19.1. The summed E-state index contributed by atoms with van der Waals surface area (Å²) in [5.41, 5.74) is -0.503. The van der Waals surface area contributed by atoms with Crippen LogP contribution in [-0.2, 0) is 19.1 Å². The number of benzene rings is 2. The van der Waals surface area contributed by atoms with Crippen LogP contribution in [0.5, 0.6) is 11.5 Å². The van der Waals surface area contributed by atoms with E-state index in [1.54, 1.807) is 25.1 Å². The third-order valence-electron chi connectivity index (χ3n) is 6.41. The third-order valence-corrected chi connectivity index (χ3v) is 6.41. The molecule has 2 saturated heterocycles. The summed E-state index contributed by atoms with van der Waals surface area (Å²) in [6, 6.07) is 9.80. The molecule has 32 heavy (non-hydrogen) atoms. The number of ether oxygens (including phenoxy) is 3. The number of nitrogens with zero attached hydrogens (tertiary/aromatic N) is 1. The molecule has 3 heterocycles. The van der Waals surface area contributed by atoms with Gasteiger partial charge in [0.1, 0.15) is 24.6 Å². The maximum absolute atomic E-state index is 13.6. The van der Waals surface area contributed by atoms with E-state index in [1.165, 1.54) is 31.4 Å². The fourth-order valence-corrected chi connectivity index (χ4v) is 4.92. The third kappa shape index (κ3) is 2.88. The number of nitrogens with one attached hydrogen (secondary N) is 1. The number of esters is 1. The standard InChI is InChI=1S/C23H21FN2O6/c1-23(22(29)30-2)18-17(19(25-23)12-3-5-13(24)6-4-12)20(27)26(21(18)28)14-7-8-15-16(11-14)32-10-9-31-15/h3-8,11,17-19,25H,9-10H2,1-2H3/t17-,18-,19-,23+/m0/s1. The molecule has 0 radical (unpaired) electrons. The lowest BCUT2D eigenvalue weighted by Gasteiger charge is -2.29. The molecule has 0 saturated carbocycles. The van der Waals surface area contributed by atoms with E-state index in [0.717, 1.165) is 4.90 Å². The van der Waals surface area contributed by atoms with Gasteiger partial charge in [-0.3, -0.25) is 19.7 Å². The second kappa shape index (κ2) is 7.30. The highest BCUT2D eigenvalue weighted by Gasteiger charge is 2.67. The van der Waals surface area contributed by atoms with Crippen LogP contribution in [0.3, 0.4) is 0 Å². The SMILES string of the molecule is COC(=O)[C@]1(C)N[C@@H](c2ccc(F)cc2)[C@H]2C(=O)N(c3ccc4c(c3)OCCO4)C(=O)[C@H]21. The summed E-state index contributed by atoms with van der Waals surface area (Å²) in [7, 11) is 1.23. The number of fused-ring (bicyclic) bond motifs is 2. The van der Waals surface area contributed by atoms with Crippen molar-refractivity contribution in [3.8, 4) is 11.5 Å². The number of rotatable bonds is 3. The highest BCUT2D eigenvalue weighted by Crippen LogP contribution is 2.50. The van der Waals surface area contributed by atoms with Crippen LogP contribution in [0.15, 0.2) is 42.5 Å². The maximum atomic E-state index is 13.6. The molecule has 2 amide bonds. The number of anilines is 1. The Morgan fingerprint density at radius 1 is 1.09 bits per heavy atom. The molecule has 0 unspecified atom stereocenters. The molecular weight excluding hydrogens is 419 g/mol. The summed E-state index contributed by atoms with van der Waals surface area (Å²) < 4.78 is 29.6. The molecule has 3 aliphatic rings. The molecule has 0 aromatic heterocycles. The maximum Gasteiger partial charge on any atom is 0.326 e. The Morgan fingerprint density at radius 3 is 2.47 bits per heavy atom. The predicted molar refractivity (Wildman–Crippen MR) is 110 cm³/mol. The van der Waals surface area contributed by atoms with Gasteiger partial charge in [0.2, 0.25) is 11.8 Å². The van der Waals surface area contributed by atoms with Gasteiger partial charge in [-0.15, -0.1) is 0 Å². The molecule has 5 rings (SSSR count). The minimum Gasteiger partial charge on any atom is -0.486 e. The number of imide groups is 1. The van der Waals surface area contributed by atoms with Gasteiger partial charge in [0.25, 0.3) is 0 Å². The predicted octanol–water partition coefficient (Wildman–Crippen LogP) is 1.98. The van der Waals surface area contributed by atoms with E-state index in [-0.39, 0.29) is 0 Å². The molecule has 0 aliphatic carbocycles. The smallest absolute Gasteiger partial charge is 0.326 e. The fourth-order valence-electron chi connectivity index (χ4n) is 4.92. The molecule has 0 bridgehead atoms. The van der Waals surface area contributed by atoms with Crippen LogP contribution < -0.4 is 19.7 Å². The van der Waals surface area contributed by atoms with E-state index in [4.69, 9.17) is 14.2 Å². The van der Waals surface area contributed by atoms with Gasteiger partial charge >= 0.3 is 5.97 Å². The van der Waals surface area contributed by atoms with Crippen molar-refractivity contribution in [2.75, 3.05) is 25.2 Å². The molecule has 2 aromatic carbocycles. The topological polar surface area (TPSA) is 94.2 Å². The van der Waals surface area contributed by atoms with Gasteiger partial charge in [0.15, 0.2) is 11.5 Å².